The van der Waals surface area contributed by atoms with Crippen LogP contribution in [0, 0.1) is 0 Å². The standard InChI is InChI=1S/C17H17BrN2S/c18-16-5-4-13-9-15(3-2-14(13)10-16)17(20-19)6-1-12-7-8-21-11-12/h2-5,7-11,17,20H,1,6,19H2. The monoisotopic (exact) mass is 360 g/mol. The van der Waals surface area contributed by atoms with Gasteiger partial charge in [-0.15, -0.1) is 0 Å². The summed E-state index contributed by atoms with van der Waals surface area (Å²) in [5, 5.41) is 6.80. The smallest absolute Gasteiger partial charge is 0.0463 e. The fourth-order valence-electron chi connectivity index (χ4n) is 2.54. The number of halogens is 1. The molecular weight excluding hydrogens is 344 g/mol. The molecule has 4 heteroatoms. The second-order valence-corrected chi connectivity index (χ2v) is 6.84. The maximum atomic E-state index is 5.76. The van der Waals surface area contributed by atoms with E-state index in [1.54, 1.807) is 11.3 Å². The highest BCUT2D eigenvalue weighted by molar-refractivity contribution is 9.10. The Labute approximate surface area is 137 Å². The van der Waals surface area contributed by atoms with Crippen molar-refractivity contribution in [3.8, 4) is 0 Å². The average molecular weight is 361 g/mol. The Hall–Kier alpha value is -1.20. The van der Waals surface area contributed by atoms with E-state index in [-0.39, 0.29) is 6.04 Å². The van der Waals surface area contributed by atoms with Crippen LogP contribution in [0.4, 0.5) is 0 Å². The molecule has 0 radical (unpaired) electrons. The number of hydrogen-bond acceptors (Lipinski definition) is 3. The minimum absolute atomic E-state index is 0.179. The molecule has 108 valence electrons. The maximum absolute atomic E-state index is 5.76. The van der Waals surface area contributed by atoms with Crippen LogP contribution in [0.15, 0.2) is 57.7 Å². The molecule has 0 bridgehead atoms. The van der Waals surface area contributed by atoms with Crippen LogP contribution < -0.4 is 11.3 Å². The van der Waals surface area contributed by atoms with Crippen molar-refractivity contribution in [1.29, 1.82) is 0 Å². The molecule has 3 aromatic rings. The van der Waals surface area contributed by atoms with Gasteiger partial charge >= 0.3 is 0 Å². The van der Waals surface area contributed by atoms with E-state index in [9.17, 15) is 0 Å². The average Bonchev–Trinajstić information content (AvgIpc) is 3.01. The lowest BCUT2D eigenvalue weighted by Crippen LogP contribution is -2.28. The molecule has 3 rings (SSSR count). The quantitative estimate of drug-likeness (QED) is 0.506. The van der Waals surface area contributed by atoms with E-state index in [2.05, 4.69) is 74.6 Å². The third kappa shape index (κ3) is 3.52. The second-order valence-electron chi connectivity index (χ2n) is 5.14. The fraction of sp³-hybridized carbons (Fsp3) is 0.176. The summed E-state index contributed by atoms with van der Waals surface area (Å²) < 4.78 is 1.11. The molecule has 0 saturated heterocycles. The molecule has 0 aliphatic heterocycles. The van der Waals surface area contributed by atoms with Gasteiger partial charge in [0.15, 0.2) is 0 Å². The molecule has 0 spiro atoms. The molecular formula is C17H17BrN2S. The Morgan fingerprint density at radius 1 is 1.10 bits per heavy atom. The molecule has 0 amide bonds. The van der Waals surface area contributed by atoms with Crippen LogP contribution in [0.2, 0.25) is 0 Å². The lowest BCUT2D eigenvalue weighted by Gasteiger charge is -2.16. The molecule has 0 saturated carbocycles. The predicted molar refractivity (Wildman–Crippen MR) is 94.4 cm³/mol. The minimum Gasteiger partial charge on any atom is -0.271 e. The Morgan fingerprint density at radius 2 is 1.90 bits per heavy atom. The highest BCUT2D eigenvalue weighted by Gasteiger charge is 2.10. The highest BCUT2D eigenvalue weighted by atomic mass is 79.9. The van der Waals surface area contributed by atoms with Gasteiger partial charge < -0.3 is 0 Å². The third-order valence-corrected chi connectivity index (χ3v) is 4.96. The summed E-state index contributed by atoms with van der Waals surface area (Å²) in [5.41, 5.74) is 5.57. The van der Waals surface area contributed by atoms with Gasteiger partial charge in [0.1, 0.15) is 0 Å². The van der Waals surface area contributed by atoms with E-state index >= 15 is 0 Å². The first kappa shape index (κ1) is 14.7. The third-order valence-electron chi connectivity index (χ3n) is 3.73. The zero-order valence-corrected chi connectivity index (χ0v) is 14.0. The minimum atomic E-state index is 0.179. The zero-order valence-electron chi connectivity index (χ0n) is 11.6. The van der Waals surface area contributed by atoms with E-state index in [1.165, 1.54) is 21.9 Å². The van der Waals surface area contributed by atoms with Crippen molar-refractivity contribution in [3.63, 3.8) is 0 Å². The Morgan fingerprint density at radius 3 is 2.67 bits per heavy atom. The van der Waals surface area contributed by atoms with Crippen LogP contribution >= 0.6 is 27.3 Å². The summed E-state index contributed by atoms with van der Waals surface area (Å²) in [5.74, 6) is 5.76. The molecule has 1 unspecified atom stereocenters. The van der Waals surface area contributed by atoms with Crippen molar-refractivity contribution < 1.29 is 0 Å². The molecule has 1 aromatic heterocycles. The number of hydrogen-bond donors (Lipinski definition) is 2. The SMILES string of the molecule is NNC(CCc1ccsc1)c1ccc2cc(Br)ccc2c1. The van der Waals surface area contributed by atoms with Crippen LogP contribution in [0.5, 0.6) is 0 Å². The molecule has 2 aromatic carbocycles. The number of rotatable bonds is 5. The summed E-state index contributed by atoms with van der Waals surface area (Å²) in [6.07, 6.45) is 2.03. The molecule has 1 heterocycles. The predicted octanol–water partition coefficient (Wildman–Crippen LogP) is 4.80. The van der Waals surface area contributed by atoms with Gasteiger partial charge in [0.25, 0.3) is 0 Å². The van der Waals surface area contributed by atoms with Gasteiger partial charge in [0.2, 0.25) is 0 Å². The van der Waals surface area contributed by atoms with Crippen LogP contribution in [0.25, 0.3) is 10.8 Å². The number of thiophene rings is 1. The first-order valence-electron chi connectivity index (χ1n) is 6.92. The van der Waals surface area contributed by atoms with Crippen molar-refractivity contribution in [2.24, 2.45) is 5.84 Å². The van der Waals surface area contributed by atoms with Gasteiger partial charge in [-0.3, -0.25) is 11.3 Å². The van der Waals surface area contributed by atoms with Gasteiger partial charge in [-0.2, -0.15) is 11.3 Å². The molecule has 0 fully saturated rings. The van der Waals surface area contributed by atoms with Crippen LogP contribution in [0.1, 0.15) is 23.6 Å². The van der Waals surface area contributed by atoms with E-state index in [1.807, 2.05) is 0 Å². The van der Waals surface area contributed by atoms with Crippen LogP contribution in [-0.4, -0.2) is 0 Å². The molecule has 3 N–H and O–H groups in total. The maximum Gasteiger partial charge on any atom is 0.0463 e. The normalized spacial score (nSPS) is 12.7. The number of nitrogens with one attached hydrogen (secondary N) is 1. The number of hydrazine groups is 1. The first-order valence-corrected chi connectivity index (χ1v) is 8.66. The number of nitrogens with two attached hydrogens (primary N) is 1. The topological polar surface area (TPSA) is 38.0 Å². The summed E-state index contributed by atoms with van der Waals surface area (Å²) in [4.78, 5) is 0. The lowest BCUT2D eigenvalue weighted by atomic mass is 9.98. The van der Waals surface area contributed by atoms with Gasteiger partial charge in [-0.25, -0.2) is 0 Å². The number of fused-ring (bicyclic) bond motifs is 1. The zero-order chi connectivity index (χ0) is 14.7. The van der Waals surface area contributed by atoms with Crippen molar-refractivity contribution in [2.75, 3.05) is 0 Å². The molecule has 21 heavy (non-hydrogen) atoms. The first-order chi connectivity index (χ1) is 10.3. The van der Waals surface area contributed by atoms with E-state index in [0.717, 1.165) is 17.3 Å². The Balaban J connectivity index is 1.81. The molecule has 0 aliphatic rings. The fourth-order valence-corrected chi connectivity index (χ4v) is 3.63. The summed E-state index contributed by atoms with van der Waals surface area (Å²) in [6, 6.07) is 15.2. The highest BCUT2D eigenvalue weighted by Crippen LogP contribution is 2.25. The van der Waals surface area contributed by atoms with Crippen LogP contribution in [0.3, 0.4) is 0 Å². The molecule has 1 atom stereocenters. The summed E-state index contributed by atoms with van der Waals surface area (Å²) in [6.45, 7) is 0. The van der Waals surface area contributed by atoms with Crippen LogP contribution in [-0.2, 0) is 6.42 Å². The van der Waals surface area contributed by atoms with Gasteiger partial charge in [0, 0.05) is 10.5 Å². The number of aryl methyl sites for hydroxylation is 1. The number of benzene rings is 2. The lowest BCUT2D eigenvalue weighted by molar-refractivity contribution is 0.517. The molecule has 0 aliphatic carbocycles. The molecule has 2 nitrogen and oxygen atoms in total. The van der Waals surface area contributed by atoms with Crippen molar-refractivity contribution in [2.45, 2.75) is 18.9 Å². The van der Waals surface area contributed by atoms with Crippen molar-refractivity contribution in [1.82, 2.24) is 5.43 Å². The summed E-state index contributed by atoms with van der Waals surface area (Å²) in [7, 11) is 0. The summed E-state index contributed by atoms with van der Waals surface area (Å²) >= 11 is 5.25. The Kier molecular flexibility index (Phi) is 4.70. The van der Waals surface area contributed by atoms with Crippen molar-refractivity contribution in [3.05, 3.63) is 68.8 Å². The van der Waals surface area contributed by atoms with Gasteiger partial charge in [-0.1, -0.05) is 34.1 Å². The van der Waals surface area contributed by atoms with E-state index in [0.29, 0.717) is 0 Å². The second kappa shape index (κ2) is 6.71. The Bertz CT molecular complexity index is 725. The largest absolute Gasteiger partial charge is 0.271 e. The van der Waals surface area contributed by atoms with Gasteiger partial charge in [0.05, 0.1) is 0 Å². The van der Waals surface area contributed by atoms with Crippen molar-refractivity contribution >= 4 is 38.0 Å². The van der Waals surface area contributed by atoms with Gasteiger partial charge in [-0.05, 0) is 69.8 Å². The van der Waals surface area contributed by atoms with E-state index in [4.69, 9.17) is 5.84 Å². The van der Waals surface area contributed by atoms with E-state index < -0.39 is 0 Å².